The monoisotopic (exact) mass is 548 g/mol. The molecule has 2 aliphatic rings. The van der Waals surface area contributed by atoms with Crippen molar-refractivity contribution in [2.24, 2.45) is 0 Å². The molecule has 3 aromatic rings. The second-order valence-corrected chi connectivity index (χ2v) is 10.2. The van der Waals surface area contributed by atoms with Gasteiger partial charge >= 0.3 is 0 Å². The van der Waals surface area contributed by atoms with E-state index in [2.05, 4.69) is 0 Å². The molecule has 0 saturated carbocycles. The second kappa shape index (κ2) is 15.4. The molecule has 0 aromatic heterocycles. The molecule has 0 bridgehead atoms. The van der Waals surface area contributed by atoms with Crippen molar-refractivity contribution in [2.45, 2.75) is 76.1 Å². The van der Waals surface area contributed by atoms with Crippen molar-refractivity contribution in [2.75, 3.05) is 20.3 Å². The van der Waals surface area contributed by atoms with Crippen LogP contribution in [0.5, 0.6) is 0 Å². The first-order chi connectivity index (χ1) is 19.8. The van der Waals surface area contributed by atoms with Crippen molar-refractivity contribution in [3.05, 3.63) is 108 Å². The highest BCUT2D eigenvalue weighted by Crippen LogP contribution is 2.31. The first kappa shape index (κ1) is 28.9. The van der Waals surface area contributed by atoms with Gasteiger partial charge in [-0.2, -0.15) is 0 Å². The van der Waals surface area contributed by atoms with Crippen LogP contribution in [0.25, 0.3) is 0 Å². The summed E-state index contributed by atoms with van der Waals surface area (Å²) in [6.45, 7) is 2.20. The molecule has 2 aliphatic heterocycles. The number of hydrogen-bond donors (Lipinski definition) is 0. The Balaban J connectivity index is 1.38. The largest absolute Gasteiger partial charge is 0.368 e. The molecule has 1 unspecified atom stereocenters. The van der Waals surface area contributed by atoms with Gasteiger partial charge < -0.3 is 33.2 Å². The van der Waals surface area contributed by atoms with Gasteiger partial charge in [0.15, 0.2) is 12.6 Å². The summed E-state index contributed by atoms with van der Waals surface area (Å²) in [4.78, 5) is 0. The second-order valence-electron chi connectivity index (χ2n) is 10.2. The summed E-state index contributed by atoms with van der Waals surface area (Å²) in [5.41, 5.74) is 3.19. The van der Waals surface area contributed by atoms with Crippen LogP contribution in [-0.4, -0.2) is 57.3 Å². The lowest BCUT2D eigenvalue weighted by atomic mass is 9.97. The highest BCUT2D eigenvalue weighted by atomic mass is 16.7. The molecule has 5 rings (SSSR count). The molecular formula is C33H40O7. The summed E-state index contributed by atoms with van der Waals surface area (Å²) in [6.07, 6.45) is 0.172. The molecule has 40 heavy (non-hydrogen) atoms. The van der Waals surface area contributed by atoms with Crippen molar-refractivity contribution < 1.29 is 33.2 Å². The molecule has 7 nitrogen and oxygen atoms in total. The summed E-state index contributed by atoms with van der Waals surface area (Å²) in [5, 5.41) is 0. The Kier molecular flexibility index (Phi) is 11.1. The smallest absolute Gasteiger partial charge is 0.186 e. The zero-order chi connectivity index (χ0) is 27.4. The Hall–Kier alpha value is -2.62. The van der Waals surface area contributed by atoms with E-state index in [1.54, 1.807) is 7.11 Å². The number of benzene rings is 3. The normalized spacial score (nSPS) is 26.9. The molecule has 2 heterocycles. The lowest BCUT2D eigenvalue weighted by Gasteiger charge is -2.45. The van der Waals surface area contributed by atoms with E-state index < -0.39 is 30.7 Å². The van der Waals surface area contributed by atoms with Gasteiger partial charge in [-0.05, 0) is 36.0 Å². The van der Waals surface area contributed by atoms with Crippen LogP contribution in [0.4, 0.5) is 0 Å². The van der Waals surface area contributed by atoms with Crippen LogP contribution in [0.3, 0.4) is 0 Å². The Morgan fingerprint density at radius 2 is 1.15 bits per heavy atom. The molecule has 7 heteroatoms. The van der Waals surface area contributed by atoms with Crippen molar-refractivity contribution in [1.82, 2.24) is 0 Å². The van der Waals surface area contributed by atoms with E-state index in [1.165, 1.54) is 0 Å². The standard InChI is InChI=1S/C33H40O7/c1-34-33-32(39-23-27-17-9-4-10-18-27)31(38-22-26-15-7-3-8-16-26)30(37-21-25-13-5-2-6-14-25)28(40-33)24-36-29-19-11-12-20-35-29/h2-10,13-18,28-33H,11-12,19-24H2,1H3/t28-,29?,30-,31+,32-,33+/m1/s1. The third-order valence-electron chi connectivity index (χ3n) is 7.26. The zero-order valence-corrected chi connectivity index (χ0v) is 23.1. The highest BCUT2D eigenvalue weighted by molar-refractivity contribution is 5.15. The van der Waals surface area contributed by atoms with Crippen molar-refractivity contribution in [3.63, 3.8) is 0 Å². The van der Waals surface area contributed by atoms with E-state index in [9.17, 15) is 0 Å². The molecule has 0 amide bonds. The third-order valence-corrected chi connectivity index (χ3v) is 7.26. The fourth-order valence-electron chi connectivity index (χ4n) is 5.11. The lowest BCUT2D eigenvalue weighted by Crippen LogP contribution is -2.61. The van der Waals surface area contributed by atoms with E-state index in [0.29, 0.717) is 33.0 Å². The molecule has 2 saturated heterocycles. The maximum absolute atomic E-state index is 6.63. The van der Waals surface area contributed by atoms with Gasteiger partial charge in [-0.25, -0.2) is 0 Å². The van der Waals surface area contributed by atoms with Crippen LogP contribution in [0.2, 0.25) is 0 Å². The van der Waals surface area contributed by atoms with Gasteiger partial charge in [-0.1, -0.05) is 91.0 Å². The van der Waals surface area contributed by atoms with Crippen LogP contribution in [0.15, 0.2) is 91.0 Å². The molecule has 214 valence electrons. The van der Waals surface area contributed by atoms with Crippen LogP contribution >= 0.6 is 0 Å². The van der Waals surface area contributed by atoms with E-state index in [4.69, 9.17) is 33.2 Å². The molecular weight excluding hydrogens is 508 g/mol. The molecule has 6 atom stereocenters. The van der Waals surface area contributed by atoms with Gasteiger partial charge in [0, 0.05) is 13.7 Å². The van der Waals surface area contributed by atoms with Gasteiger partial charge in [-0.15, -0.1) is 0 Å². The summed E-state index contributed by atoms with van der Waals surface area (Å²) in [6, 6.07) is 30.3. The fraction of sp³-hybridized carbons (Fsp3) is 0.455. The van der Waals surface area contributed by atoms with Crippen molar-refractivity contribution >= 4 is 0 Å². The molecule has 3 aromatic carbocycles. The number of rotatable bonds is 13. The predicted octanol–water partition coefficient (Wildman–Crippen LogP) is 5.66. The topological polar surface area (TPSA) is 64.6 Å². The molecule has 0 aliphatic carbocycles. The molecule has 0 N–H and O–H groups in total. The van der Waals surface area contributed by atoms with Crippen molar-refractivity contribution in [1.29, 1.82) is 0 Å². The summed E-state index contributed by atoms with van der Waals surface area (Å²) in [5.74, 6) is 0. The Labute approximate surface area is 237 Å². The van der Waals surface area contributed by atoms with Crippen LogP contribution in [0, 0.1) is 0 Å². The minimum atomic E-state index is -0.665. The molecule has 0 radical (unpaired) electrons. The van der Waals surface area contributed by atoms with Gasteiger partial charge in [-0.3, -0.25) is 0 Å². The van der Waals surface area contributed by atoms with Gasteiger partial charge in [0.05, 0.1) is 26.4 Å². The molecule has 2 fully saturated rings. The van der Waals surface area contributed by atoms with E-state index in [-0.39, 0.29) is 6.29 Å². The summed E-state index contributed by atoms with van der Waals surface area (Å²) < 4.78 is 44.0. The number of hydrogen-bond acceptors (Lipinski definition) is 7. The van der Waals surface area contributed by atoms with Crippen LogP contribution in [0.1, 0.15) is 36.0 Å². The van der Waals surface area contributed by atoms with Gasteiger partial charge in [0.1, 0.15) is 24.4 Å². The van der Waals surface area contributed by atoms with Gasteiger partial charge in [0.2, 0.25) is 0 Å². The minimum absolute atomic E-state index is 0.246. The Morgan fingerprint density at radius 1 is 0.625 bits per heavy atom. The fourth-order valence-corrected chi connectivity index (χ4v) is 5.11. The number of methoxy groups -OCH3 is 1. The Bertz CT molecular complexity index is 1090. The van der Waals surface area contributed by atoms with Crippen LogP contribution < -0.4 is 0 Å². The highest BCUT2D eigenvalue weighted by Gasteiger charge is 2.49. The Morgan fingerprint density at radius 3 is 1.65 bits per heavy atom. The van der Waals surface area contributed by atoms with Crippen molar-refractivity contribution in [3.8, 4) is 0 Å². The first-order valence-electron chi connectivity index (χ1n) is 14.2. The SMILES string of the molecule is CO[C@H]1O[C@H](COC2CCCCO2)[C@@H](OCc2ccccc2)[C@H](OCc2ccccc2)[C@H]1OCc1ccccc1. The minimum Gasteiger partial charge on any atom is -0.368 e. The summed E-state index contributed by atoms with van der Waals surface area (Å²) in [7, 11) is 1.63. The maximum Gasteiger partial charge on any atom is 0.186 e. The van der Waals surface area contributed by atoms with E-state index >= 15 is 0 Å². The summed E-state index contributed by atoms with van der Waals surface area (Å²) >= 11 is 0. The molecule has 0 spiro atoms. The van der Waals surface area contributed by atoms with E-state index in [1.807, 2.05) is 91.0 Å². The predicted molar refractivity (Wildman–Crippen MR) is 150 cm³/mol. The first-order valence-corrected chi connectivity index (χ1v) is 14.2. The quantitative estimate of drug-likeness (QED) is 0.273. The average molecular weight is 549 g/mol. The maximum atomic E-state index is 6.63. The van der Waals surface area contributed by atoms with E-state index in [0.717, 1.165) is 36.0 Å². The average Bonchev–Trinajstić information content (AvgIpc) is 3.03. The number of ether oxygens (including phenoxy) is 7. The zero-order valence-electron chi connectivity index (χ0n) is 23.1. The lowest BCUT2D eigenvalue weighted by molar-refractivity contribution is -0.328. The third kappa shape index (κ3) is 8.21. The van der Waals surface area contributed by atoms with Gasteiger partial charge in [0.25, 0.3) is 0 Å². The van der Waals surface area contributed by atoms with Crippen LogP contribution in [-0.2, 0) is 53.0 Å².